The van der Waals surface area contributed by atoms with Crippen molar-refractivity contribution in [2.45, 2.75) is 19.1 Å². The molecule has 1 unspecified atom stereocenters. The van der Waals surface area contributed by atoms with E-state index < -0.39 is 0 Å². The SMILES string of the molecule is CC(Oc1cccc(-c2n[nH]c3c2[C@H](c2cccnc2)NC3=O)c1)c1ccccc1. The number of H-pyrrole nitrogens is 1. The summed E-state index contributed by atoms with van der Waals surface area (Å²) in [6.07, 6.45) is 3.39. The number of ether oxygens (including phenoxy) is 1. The number of hydrogen-bond acceptors (Lipinski definition) is 4. The standard InChI is InChI=1S/C24H20N4O2/c1-15(16-7-3-2-4-8-16)30-19-11-5-9-17(13-19)22-20-21(18-10-6-12-25-14-18)26-24(29)23(20)28-27-22/h2-15,21H,1H3,(H,26,29)(H,27,28)/t15?,21-/m0/s1. The zero-order chi connectivity index (χ0) is 20.5. The first-order valence-electron chi connectivity index (χ1n) is 9.82. The van der Waals surface area contributed by atoms with Gasteiger partial charge >= 0.3 is 0 Å². The molecule has 2 aromatic heterocycles. The predicted octanol–water partition coefficient (Wildman–Crippen LogP) is 4.44. The first-order valence-corrected chi connectivity index (χ1v) is 9.82. The van der Waals surface area contributed by atoms with Crippen LogP contribution in [-0.4, -0.2) is 21.1 Å². The molecule has 1 aliphatic heterocycles. The number of pyridine rings is 1. The third-order valence-corrected chi connectivity index (χ3v) is 5.30. The number of aromatic amines is 1. The van der Waals surface area contributed by atoms with Crippen molar-refractivity contribution in [2.75, 3.05) is 0 Å². The van der Waals surface area contributed by atoms with Crippen LogP contribution in [0, 0.1) is 0 Å². The average Bonchev–Trinajstić information content (AvgIpc) is 3.37. The van der Waals surface area contributed by atoms with Gasteiger partial charge in [-0.25, -0.2) is 0 Å². The number of benzene rings is 2. The van der Waals surface area contributed by atoms with Crippen LogP contribution >= 0.6 is 0 Å². The molecule has 0 fully saturated rings. The van der Waals surface area contributed by atoms with E-state index in [1.807, 2.05) is 73.7 Å². The van der Waals surface area contributed by atoms with Crippen LogP contribution in [0.5, 0.6) is 5.75 Å². The summed E-state index contributed by atoms with van der Waals surface area (Å²) in [5, 5.41) is 10.4. The summed E-state index contributed by atoms with van der Waals surface area (Å²) < 4.78 is 6.16. The number of hydrogen-bond donors (Lipinski definition) is 2. The van der Waals surface area contributed by atoms with Gasteiger partial charge in [0.05, 0.1) is 11.7 Å². The molecule has 2 aromatic carbocycles. The number of aromatic nitrogens is 3. The van der Waals surface area contributed by atoms with E-state index in [0.29, 0.717) is 5.69 Å². The molecule has 3 heterocycles. The quantitative estimate of drug-likeness (QED) is 0.522. The van der Waals surface area contributed by atoms with Crippen LogP contribution in [0.15, 0.2) is 79.1 Å². The smallest absolute Gasteiger partial charge is 0.270 e. The van der Waals surface area contributed by atoms with Gasteiger partial charge in [0, 0.05) is 23.5 Å². The summed E-state index contributed by atoms with van der Waals surface area (Å²) in [4.78, 5) is 16.6. The van der Waals surface area contributed by atoms with Crippen molar-refractivity contribution in [3.63, 3.8) is 0 Å². The molecule has 0 saturated carbocycles. The second-order valence-electron chi connectivity index (χ2n) is 7.25. The van der Waals surface area contributed by atoms with Gasteiger partial charge in [0.15, 0.2) is 0 Å². The van der Waals surface area contributed by atoms with Crippen LogP contribution in [0.2, 0.25) is 0 Å². The molecule has 0 bridgehead atoms. The Bertz CT molecular complexity index is 1190. The highest BCUT2D eigenvalue weighted by atomic mass is 16.5. The van der Waals surface area contributed by atoms with Gasteiger partial charge < -0.3 is 10.1 Å². The number of nitrogens with zero attached hydrogens (tertiary/aromatic N) is 2. The predicted molar refractivity (Wildman–Crippen MR) is 113 cm³/mol. The maximum absolute atomic E-state index is 12.4. The minimum absolute atomic E-state index is 0.0854. The fourth-order valence-electron chi connectivity index (χ4n) is 3.81. The van der Waals surface area contributed by atoms with E-state index in [0.717, 1.165) is 33.7 Å². The van der Waals surface area contributed by atoms with Gasteiger partial charge in [-0.1, -0.05) is 48.5 Å². The third kappa shape index (κ3) is 3.22. The summed E-state index contributed by atoms with van der Waals surface area (Å²) in [6.45, 7) is 2.02. The fraction of sp³-hybridized carbons (Fsp3) is 0.125. The summed E-state index contributed by atoms with van der Waals surface area (Å²) in [5.41, 5.74) is 4.96. The minimum atomic E-state index is -0.289. The van der Waals surface area contributed by atoms with Crippen LogP contribution in [0.1, 0.15) is 46.2 Å². The van der Waals surface area contributed by atoms with Crippen molar-refractivity contribution in [3.8, 4) is 17.0 Å². The van der Waals surface area contributed by atoms with E-state index in [1.54, 1.807) is 12.4 Å². The average molecular weight is 396 g/mol. The van der Waals surface area contributed by atoms with E-state index in [-0.39, 0.29) is 18.1 Å². The van der Waals surface area contributed by atoms with E-state index in [9.17, 15) is 4.79 Å². The molecule has 2 N–H and O–H groups in total. The Kier molecular flexibility index (Phi) is 4.52. The molecule has 5 rings (SSSR count). The first kappa shape index (κ1) is 18.1. The molecular formula is C24H20N4O2. The van der Waals surface area contributed by atoms with Crippen molar-refractivity contribution in [1.82, 2.24) is 20.5 Å². The van der Waals surface area contributed by atoms with Crippen molar-refractivity contribution in [3.05, 3.63) is 102 Å². The molecule has 4 aromatic rings. The molecule has 0 spiro atoms. The van der Waals surface area contributed by atoms with Crippen LogP contribution in [-0.2, 0) is 0 Å². The molecule has 1 aliphatic rings. The lowest BCUT2D eigenvalue weighted by atomic mass is 9.98. The van der Waals surface area contributed by atoms with Gasteiger partial charge in [-0.3, -0.25) is 14.9 Å². The number of fused-ring (bicyclic) bond motifs is 1. The largest absolute Gasteiger partial charge is 0.486 e. The van der Waals surface area contributed by atoms with Gasteiger partial charge in [-0.2, -0.15) is 5.10 Å². The zero-order valence-electron chi connectivity index (χ0n) is 16.4. The molecule has 30 heavy (non-hydrogen) atoms. The number of carbonyl (C=O) groups excluding carboxylic acids is 1. The molecule has 148 valence electrons. The summed E-state index contributed by atoms with van der Waals surface area (Å²) in [7, 11) is 0. The second kappa shape index (κ2) is 7.48. The van der Waals surface area contributed by atoms with E-state index in [2.05, 4.69) is 20.5 Å². The van der Waals surface area contributed by atoms with Crippen LogP contribution in [0.4, 0.5) is 0 Å². The highest BCUT2D eigenvalue weighted by Gasteiger charge is 2.35. The molecular weight excluding hydrogens is 376 g/mol. The lowest BCUT2D eigenvalue weighted by Crippen LogP contribution is -2.21. The first-order chi connectivity index (χ1) is 14.7. The van der Waals surface area contributed by atoms with Gasteiger partial charge in [0.1, 0.15) is 17.5 Å². The Morgan fingerprint density at radius 3 is 2.70 bits per heavy atom. The summed E-state index contributed by atoms with van der Waals surface area (Å²) in [5.74, 6) is 0.582. The molecule has 6 heteroatoms. The van der Waals surface area contributed by atoms with Crippen LogP contribution in [0.3, 0.4) is 0 Å². The molecule has 0 saturated heterocycles. The van der Waals surface area contributed by atoms with Crippen molar-refractivity contribution in [2.24, 2.45) is 0 Å². The Balaban J connectivity index is 1.49. The maximum atomic E-state index is 12.4. The number of nitrogens with one attached hydrogen (secondary N) is 2. The monoisotopic (exact) mass is 396 g/mol. The highest BCUT2D eigenvalue weighted by Crippen LogP contribution is 2.37. The van der Waals surface area contributed by atoms with E-state index >= 15 is 0 Å². The normalized spacial score (nSPS) is 16.0. The highest BCUT2D eigenvalue weighted by molar-refractivity contribution is 6.00. The lowest BCUT2D eigenvalue weighted by molar-refractivity contribution is 0.0955. The Morgan fingerprint density at radius 1 is 1.03 bits per heavy atom. The van der Waals surface area contributed by atoms with Crippen LogP contribution in [0.25, 0.3) is 11.3 Å². The Labute approximate surface area is 173 Å². The molecule has 2 atom stereocenters. The summed E-state index contributed by atoms with van der Waals surface area (Å²) >= 11 is 0. The Hall–Kier alpha value is -3.93. The summed E-state index contributed by atoms with van der Waals surface area (Å²) in [6, 6.07) is 21.4. The topological polar surface area (TPSA) is 79.9 Å². The van der Waals surface area contributed by atoms with E-state index in [4.69, 9.17) is 4.74 Å². The molecule has 1 amide bonds. The molecule has 6 nitrogen and oxygen atoms in total. The number of rotatable bonds is 5. The maximum Gasteiger partial charge on any atom is 0.270 e. The van der Waals surface area contributed by atoms with Crippen molar-refractivity contribution >= 4 is 5.91 Å². The fourth-order valence-corrected chi connectivity index (χ4v) is 3.81. The lowest BCUT2D eigenvalue weighted by Gasteiger charge is -2.16. The number of carbonyl (C=O) groups is 1. The molecule has 0 aliphatic carbocycles. The Morgan fingerprint density at radius 2 is 1.90 bits per heavy atom. The van der Waals surface area contributed by atoms with E-state index in [1.165, 1.54) is 0 Å². The van der Waals surface area contributed by atoms with Gasteiger partial charge in [0.2, 0.25) is 0 Å². The third-order valence-electron chi connectivity index (χ3n) is 5.30. The minimum Gasteiger partial charge on any atom is -0.486 e. The van der Waals surface area contributed by atoms with Crippen LogP contribution < -0.4 is 10.1 Å². The van der Waals surface area contributed by atoms with Crippen molar-refractivity contribution < 1.29 is 9.53 Å². The molecule has 0 radical (unpaired) electrons. The van der Waals surface area contributed by atoms with Crippen molar-refractivity contribution in [1.29, 1.82) is 0 Å². The van der Waals surface area contributed by atoms with Gasteiger partial charge in [0.25, 0.3) is 5.91 Å². The second-order valence-corrected chi connectivity index (χ2v) is 7.25. The number of amides is 1. The van der Waals surface area contributed by atoms with Gasteiger partial charge in [-0.15, -0.1) is 0 Å². The van der Waals surface area contributed by atoms with Gasteiger partial charge in [-0.05, 0) is 36.2 Å². The zero-order valence-corrected chi connectivity index (χ0v) is 16.4.